The summed E-state index contributed by atoms with van der Waals surface area (Å²) in [5.74, 6) is -2.69. The van der Waals surface area contributed by atoms with Gasteiger partial charge in [-0.05, 0) is 60.5 Å². The van der Waals surface area contributed by atoms with Crippen molar-refractivity contribution in [1.82, 2.24) is 14.5 Å². The molecule has 1 aliphatic rings. The molecule has 0 radical (unpaired) electrons. The highest BCUT2D eigenvalue weighted by Crippen LogP contribution is 2.34. The molecular formula is C33H25F3N4O5. The van der Waals surface area contributed by atoms with E-state index in [2.05, 4.69) is 9.97 Å². The van der Waals surface area contributed by atoms with Gasteiger partial charge in [-0.2, -0.15) is 5.26 Å². The van der Waals surface area contributed by atoms with Crippen molar-refractivity contribution >= 4 is 17.0 Å². The maximum Gasteiger partial charge on any atom is 0.335 e. The number of aromatic nitrogens is 3. The number of ether oxygens (including phenoxy) is 3. The first kappa shape index (κ1) is 29.8. The van der Waals surface area contributed by atoms with Crippen LogP contribution in [0.5, 0.6) is 5.88 Å². The van der Waals surface area contributed by atoms with Gasteiger partial charge in [-0.25, -0.2) is 27.9 Å². The second kappa shape index (κ2) is 12.4. The number of aromatic carboxylic acids is 1. The molecule has 1 saturated heterocycles. The fraction of sp³-hybridized carbons (Fsp3) is 0.212. The van der Waals surface area contributed by atoms with E-state index in [0.717, 1.165) is 18.2 Å². The van der Waals surface area contributed by atoms with E-state index < -0.39 is 29.7 Å². The number of carboxylic acids is 1. The number of methoxy groups -OCH3 is 1. The Morgan fingerprint density at radius 2 is 1.87 bits per heavy atom. The van der Waals surface area contributed by atoms with Crippen molar-refractivity contribution in [2.45, 2.75) is 31.8 Å². The van der Waals surface area contributed by atoms with Crippen LogP contribution >= 0.6 is 0 Å². The van der Waals surface area contributed by atoms with E-state index >= 15 is 8.78 Å². The molecular weight excluding hydrogens is 589 g/mol. The number of hydrogen-bond donors (Lipinski definition) is 1. The Hall–Kier alpha value is -5.25. The predicted molar refractivity (Wildman–Crippen MR) is 155 cm³/mol. The second-order valence-corrected chi connectivity index (χ2v) is 10.4. The molecule has 0 saturated carbocycles. The van der Waals surface area contributed by atoms with E-state index in [1.807, 2.05) is 6.07 Å². The molecule has 1 fully saturated rings. The largest absolute Gasteiger partial charge is 0.478 e. The maximum atomic E-state index is 15.6. The van der Waals surface area contributed by atoms with Gasteiger partial charge in [0.2, 0.25) is 5.88 Å². The molecule has 6 rings (SSSR count). The second-order valence-electron chi connectivity index (χ2n) is 10.4. The van der Waals surface area contributed by atoms with E-state index in [9.17, 15) is 14.3 Å². The van der Waals surface area contributed by atoms with Crippen molar-refractivity contribution in [3.63, 3.8) is 0 Å². The molecule has 3 heterocycles. The highest BCUT2D eigenvalue weighted by Gasteiger charge is 2.33. The number of nitrogens with zero attached hydrogens (tertiary/aromatic N) is 4. The molecule has 2 atom stereocenters. The molecule has 0 amide bonds. The zero-order valence-corrected chi connectivity index (χ0v) is 23.8. The summed E-state index contributed by atoms with van der Waals surface area (Å²) in [5.41, 5.74) is 1.48. The average molecular weight is 615 g/mol. The highest BCUT2D eigenvalue weighted by molar-refractivity contribution is 5.92. The Morgan fingerprint density at radius 1 is 1.04 bits per heavy atom. The number of nitriles is 1. The van der Waals surface area contributed by atoms with Gasteiger partial charge < -0.3 is 23.9 Å². The van der Waals surface area contributed by atoms with Crippen molar-refractivity contribution in [3.05, 3.63) is 112 Å². The summed E-state index contributed by atoms with van der Waals surface area (Å²) in [6.07, 6.45) is -0.182. The average Bonchev–Trinajstić information content (AvgIpc) is 3.65. The lowest BCUT2D eigenvalue weighted by Gasteiger charge is -2.21. The number of hydrogen-bond acceptors (Lipinski definition) is 7. The van der Waals surface area contributed by atoms with Gasteiger partial charge >= 0.3 is 5.97 Å². The zero-order valence-electron chi connectivity index (χ0n) is 23.8. The van der Waals surface area contributed by atoms with Crippen LogP contribution in [0.3, 0.4) is 0 Å². The number of fused-ring (bicyclic) bond motifs is 1. The molecule has 228 valence electrons. The minimum atomic E-state index is -1.11. The third kappa shape index (κ3) is 5.95. The van der Waals surface area contributed by atoms with Gasteiger partial charge in [-0.15, -0.1) is 0 Å². The number of carboxylic acid groups (broad SMARTS) is 1. The van der Waals surface area contributed by atoms with Gasteiger partial charge in [0, 0.05) is 30.7 Å². The molecule has 3 aromatic carbocycles. The summed E-state index contributed by atoms with van der Waals surface area (Å²) in [7, 11) is 1.50. The van der Waals surface area contributed by atoms with Crippen molar-refractivity contribution in [2.24, 2.45) is 0 Å². The van der Waals surface area contributed by atoms with Crippen LogP contribution in [-0.2, 0) is 22.5 Å². The number of carbonyl (C=O) groups is 1. The molecule has 0 unspecified atom stereocenters. The molecule has 0 aliphatic carbocycles. The molecule has 5 aromatic rings. The number of benzene rings is 3. The fourth-order valence-electron chi connectivity index (χ4n) is 5.42. The van der Waals surface area contributed by atoms with Gasteiger partial charge in [-0.3, -0.25) is 0 Å². The summed E-state index contributed by atoms with van der Waals surface area (Å²) >= 11 is 0. The topological polar surface area (TPSA) is 119 Å². The molecule has 0 spiro atoms. The Morgan fingerprint density at radius 3 is 2.62 bits per heavy atom. The lowest BCUT2D eigenvalue weighted by atomic mass is 10.0. The highest BCUT2D eigenvalue weighted by atomic mass is 19.1. The quantitative estimate of drug-likeness (QED) is 0.209. The van der Waals surface area contributed by atoms with Crippen LogP contribution < -0.4 is 4.74 Å². The van der Waals surface area contributed by atoms with Crippen molar-refractivity contribution in [1.29, 1.82) is 5.26 Å². The van der Waals surface area contributed by atoms with Crippen molar-refractivity contribution in [2.75, 3.05) is 13.7 Å². The SMILES string of the molecule is CO[C@@H]1OCC[C@H]1n1c(Cc2cc(F)c(-c3cccc(OCc4ccc(C#N)cc4F)n3)cc2F)nc2ccc(C(=O)O)cc21. The monoisotopic (exact) mass is 614 g/mol. The van der Waals surface area contributed by atoms with Gasteiger partial charge in [0.05, 0.1) is 46.6 Å². The first-order valence-electron chi connectivity index (χ1n) is 13.9. The van der Waals surface area contributed by atoms with E-state index in [1.165, 1.54) is 43.5 Å². The normalized spacial score (nSPS) is 16.2. The number of pyridine rings is 1. The minimum absolute atomic E-state index is 0.0304. The van der Waals surface area contributed by atoms with Crippen molar-refractivity contribution in [3.8, 4) is 23.2 Å². The maximum absolute atomic E-state index is 15.6. The van der Waals surface area contributed by atoms with Crippen LogP contribution in [0.4, 0.5) is 13.2 Å². The summed E-state index contributed by atoms with van der Waals surface area (Å²) < 4.78 is 63.9. The zero-order chi connectivity index (χ0) is 31.7. The van der Waals surface area contributed by atoms with Crippen LogP contribution in [0, 0.1) is 28.8 Å². The molecule has 12 heteroatoms. The Labute approximate surface area is 255 Å². The van der Waals surface area contributed by atoms with E-state index in [-0.39, 0.29) is 58.5 Å². The van der Waals surface area contributed by atoms with E-state index in [4.69, 9.17) is 19.5 Å². The first-order chi connectivity index (χ1) is 21.7. The lowest BCUT2D eigenvalue weighted by Crippen LogP contribution is -2.23. The molecule has 1 N–H and O–H groups in total. The summed E-state index contributed by atoms with van der Waals surface area (Å²) in [4.78, 5) is 20.6. The Bertz CT molecular complexity index is 1970. The molecule has 9 nitrogen and oxygen atoms in total. The number of halogens is 3. The Kier molecular flexibility index (Phi) is 8.21. The third-order valence-electron chi connectivity index (χ3n) is 7.63. The van der Waals surface area contributed by atoms with Gasteiger partial charge in [-0.1, -0.05) is 12.1 Å². The number of imidazole rings is 1. The standard InChI is InChI=1S/C33H25F3N4O5/c1-43-33-28(9-10-44-33)40-29-13-19(32(41)42)7-8-27(29)38-30(40)14-21-12-25(36)22(15-24(21)35)26-3-2-4-31(39-26)45-17-20-6-5-18(16-37)11-23(20)34/h2-8,11-13,15,28,33H,9-10,14,17H2,1H3,(H,41,42)/t28-,33-/m1/s1. The first-order valence-corrected chi connectivity index (χ1v) is 13.9. The Balaban J connectivity index is 1.29. The molecule has 1 aliphatic heterocycles. The summed E-state index contributed by atoms with van der Waals surface area (Å²) in [6.45, 7) is 0.214. The van der Waals surface area contributed by atoms with Crippen LogP contribution in [0.15, 0.2) is 66.7 Å². The molecule has 0 bridgehead atoms. The molecule has 45 heavy (non-hydrogen) atoms. The summed E-state index contributed by atoms with van der Waals surface area (Å²) in [5, 5.41) is 18.5. The van der Waals surface area contributed by atoms with Crippen LogP contribution in [0.25, 0.3) is 22.3 Å². The smallest absolute Gasteiger partial charge is 0.335 e. The minimum Gasteiger partial charge on any atom is -0.478 e. The lowest BCUT2D eigenvalue weighted by molar-refractivity contribution is -0.106. The molecule has 2 aromatic heterocycles. The van der Waals surface area contributed by atoms with Gasteiger partial charge in [0.1, 0.15) is 29.9 Å². The van der Waals surface area contributed by atoms with Gasteiger partial charge in [0.15, 0.2) is 6.29 Å². The van der Waals surface area contributed by atoms with Crippen LogP contribution in [0.1, 0.15) is 45.3 Å². The fourth-order valence-corrected chi connectivity index (χ4v) is 5.42. The van der Waals surface area contributed by atoms with Crippen molar-refractivity contribution < 1.29 is 37.3 Å². The predicted octanol–water partition coefficient (Wildman–Crippen LogP) is 6.19. The van der Waals surface area contributed by atoms with Crippen LogP contribution in [-0.4, -0.2) is 45.6 Å². The van der Waals surface area contributed by atoms with Gasteiger partial charge in [0.25, 0.3) is 0 Å². The van der Waals surface area contributed by atoms with Crippen LogP contribution in [0.2, 0.25) is 0 Å². The van der Waals surface area contributed by atoms with E-state index in [1.54, 1.807) is 16.7 Å². The number of rotatable bonds is 9. The summed E-state index contributed by atoms with van der Waals surface area (Å²) in [6, 6.07) is 16.7. The van der Waals surface area contributed by atoms with E-state index in [0.29, 0.717) is 29.9 Å². The third-order valence-corrected chi connectivity index (χ3v) is 7.63.